The Bertz CT molecular complexity index is 1060. The van der Waals surface area contributed by atoms with Gasteiger partial charge in [0, 0.05) is 0 Å². The van der Waals surface area contributed by atoms with Crippen LogP contribution in [-0.2, 0) is 36.5 Å². The number of nitrogens with two attached hydrogens (primary N) is 1. The van der Waals surface area contributed by atoms with Crippen LogP contribution in [0.2, 0.25) is 0 Å². The van der Waals surface area contributed by atoms with Gasteiger partial charge in [0.2, 0.25) is 0 Å². The number of rotatable bonds is 11. The quantitative estimate of drug-likeness (QED) is 0.330. The molecular weight excluding hydrogens is 423 g/mol. The van der Waals surface area contributed by atoms with E-state index in [1.165, 1.54) is 13.4 Å². The minimum absolute atomic E-state index is 0.104. The summed E-state index contributed by atoms with van der Waals surface area (Å²) in [4.78, 5) is 23.8. The van der Waals surface area contributed by atoms with Gasteiger partial charge in [-0.25, -0.2) is 20.0 Å². The van der Waals surface area contributed by atoms with Crippen molar-refractivity contribution < 1.29 is 23.4 Å². The van der Waals surface area contributed by atoms with Crippen LogP contribution in [0.15, 0.2) is 43.0 Å². The van der Waals surface area contributed by atoms with Crippen molar-refractivity contribution in [2.24, 2.45) is 0 Å². The number of esters is 1. The van der Waals surface area contributed by atoms with Gasteiger partial charge in [0.1, 0.15) is 24.7 Å². The number of hydrogen-bond donors (Lipinski definition) is 2. The van der Waals surface area contributed by atoms with Gasteiger partial charge in [-0.3, -0.25) is 9.36 Å². The third-order valence-electron chi connectivity index (χ3n) is 4.39. The van der Waals surface area contributed by atoms with Crippen molar-refractivity contribution in [3.8, 4) is 0 Å². The summed E-state index contributed by atoms with van der Waals surface area (Å²) in [5.41, 5.74) is 7.74. The molecule has 0 aliphatic carbocycles. The van der Waals surface area contributed by atoms with E-state index in [2.05, 4.69) is 24.8 Å². The molecule has 0 aliphatic heterocycles. The van der Waals surface area contributed by atoms with Crippen LogP contribution in [-0.4, -0.2) is 51.6 Å². The fourth-order valence-electron chi connectivity index (χ4n) is 2.73. The van der Waals surface area contributed by atoms with Gasteiger partial charge in [0.25, 0.3) is 7.52 Å². The Labute approximate surface area is 179 Å². The summed E-state index contributed by atoms with van der Waals surface area (Å²) in [6.45, 7) is 2.05. The third kappa shape index (κ3) is 6.31. The smallest absolute Gasteiger partial charge is 0.320 e. The molecule has 0 unspecified atom stereocenters. The van der Waals surface area contributed by atoms with Gasteiger partial charge in [-0.15, -0.1) is 0 Å². The van der Waals surface area contributed by atoms with E-state index >= 15 is 0 Å². The maximum Gasteiger partial charge on any atom is 0.320 e. The summed E-state index contributed by atoms with van der Waals surface area (Å²) < 4.78 is 31.1. The molecule has 0 aliphatic rings. The third-order valence-corrected chi connectivity index (χ3v) is 6.06. The molecule has 0 saturated carbocycles. The minimum atomic E-state index is -3.50. The van der Waals surface area contributed by atoms with Crippen molar-refractivity contribution in [1.82, 2.24) is 24.6 Å². The van der Waals surface area contributed by atoms with Gasteiger partial charge in [0.05, 0.1) is 32.7 Å². The van der Waals surface area contributed by atoms with Crippen LogP contribution in [0.5, 0.6) is 0 Å². The molecule has 0 bridgehead atoms. The molecule has 2 aromatic heterocycles. The minimum Gasteiger partial charge on any atom is -0.468 e. The van der Waals surface area contributed by atoms with Gasteiger partial charge in [-0.1, -0.05) is 30.3 Å². The molecule has 0 radical (unpaired) electrons. The number of nitrogens with zero attached hydrogens (tertiary/aromatic N) is 4. The Kier molecular flexibility index (Phi) is 7.69. The van der Waals surface area contributed by atoms with E-state index in [9.17, 15) is 9.36 Å². The number of anilines is 1. The topological polar surface area (TPSA) is 143 Å². The average molecular weight is 448 g/mol. The molecule has 31 heavy (non-hydrogen) atoms. The van der Waals surface area contributed by atoms with Crippen LogP contribution < -0.4 is 10.8 Å². The fourth-order valence-corrected chi connectivity index (χ4v) is 4.16. The number of nitrogens with one attached hydrogen (secondary N) is 1. The zero-order valence-corrected chi connectivity index (χ0v) is 18.2. The van der Waals surface area contributed by atoms with Crippen molar-refractivity contribution in [1.29, 1.82) is 0 Å². The molecule has 166 valence electrons. The first kappa shape index (κ1) is 22.8. The summed E-state index contributed by atoms with van der Waals surface area (Å²) in [6, 6.07) is 9.30. The first-order valence-corrected chi connectivity index (χ1v) is 11.3. The standard InChI is InChI=1S/C19H25N6O5P/c1-14(9-25-12-23-17-18(20)21-11-22-19(17)25)29-13-31(27,24-8-16(26)28-2)30-10-15-6-4-3-5-7-15/h3-7,11-12,14H,8-10,13H2,1-2H3,(H,24,27)(H2,20,21,22)/t14-,31-/m1/s1. The fraction of sp³-hybridized carbons (Fsp3) is 0.368. The van der Waals surface area contributed by atoms with Crippen LogP contribution in [0, 0.1) is 0 Å². The number of nitrogen functional groups attached to an aromatic ring is 1. The molecule has 2 heterocycles. The maximum atomic E-state index is 13.2. The summed E-state index contributed by atoms with van der Waals surface area (Å²) in [7, 11) is -2.24. The van der Waals surface area contributed by atoms with Crippen LogP contribution in [0.3, 0.4) is 0 Å². The summed E-state index contributed by atoms with van der Waals surface area (Å²) in [5.74, 6) is -0.262. The number of benzene rings is 1. The van der Waals surface area contributed by atoms with Crippen LogP contribution in [0.4, 0.5) is 5.82 Å². The highest BCUT2D eigenvalue weighted by atomic mass is 31.2. The highest BCUT2D eigenvalue weighted by Crippen LogP contribution is 2.43. The monoisotopic (exact) mass is 448 g/mol. The second-order valence-corrected chi connectivity index (χ2v) is 8.96. The number of hydrogen-bond acceptors (Lipinski definition) is 9. The molecule has 0 spiro atoms. The largest absolute Gasteiger partial charge is 0.468 e. The van der Waals surface area contributed by atoms with Crippen molar-refractivity contribution in [3.05, 3.63) is 48.5 Å². The van der Waals surface area contributed by atoms with Gasteiger partial charge in [-0.2, -0.15) is 0 Å². The Morgan fingerprint density at radius 2 is 2.03 bits per heavy atom. The lowest BCUT2D eigenvalue weighted by molar-refractivity contribution is -0.139. The van der Waals surface area contributed by atoms with Gasteiger partial charge in [0.15, 0.2) is 11.5 Å². The molecule has 0 fully saturated rings. The van der Waals surface area contributed by atoms with E-state index in [-0.39, 0.29) is 25.6 Å². The number of methoxy groups -OCH3 is 1. The number of imidazole rings is 1. The predicted molar refractivity (Wildman–Crippen MR) is 114 cm³/mol. The van der Waals surface area contributed by atoms with E-state index in [0.29, 0.717) is 23.5 Å². The molecule has 1 aromatic carbocycles. The Morgan fingerprint density at radius 3 is 2.77 bits per heavy atom. The average Bonchev–Trinajstić information content (AvgIpc) is 3.19. The number of fused-ring (bicyclic) bond motifs is 1. The first-order valence-electron chi connectivity index (χ1n) is 9.52. The molecule has 3 aromatic rings. The van der Waals surface area contributed by atoms with Crippen molar-refractivity contribution in [2.75, 3.05) is 25.7 Å². The SMILES string of the molecule is COC(=O)CN[P@@](=O)(CO[C@H](C)Cn1cnc2c(N)ncnc21)OCc1ccccc1. The summed E-state index contributed by atoms with van der Waals surface area (Å²) in [6.07, 6.45) is 2.37. The van der Waals surface area contributed by atoms with Gasteiger partial charge in [-0.05, 0) is 12.5 Å². The lowest BCUT2D eigenvalue weighted by Crippen LogP contribution is -2.26. The molecule has 3 N–H and O–H groups in total. The van der Waals surface area contributed by atoms with Crippen molar-refractivity contribution in [2.45, 2.75) is 26.2 Å². The number of carbonyl (C=O) groups is 1. The molecule has 12 heteroatoms. The zero-order valence-electron chi connectivity index (χ0n) is 17.3. The number of ether oxygens (including phenoxy) is 2. The highest BCUT2D eigenvalue weighted by molar-refractivity contribution is 7.56. The van der Waals surface area contributed by atoms with Crippen molar-refractivity contribution >= 4 is 30.5 Å². The molecule has 11 nitrogen and oxygen atoms in total. The van der Waals surface area contributed by atoms with Gasteiger partial charge >= 0.3 is 5.97 Å². The maximum absolute atomic E-state index is 13.2. The lowest BCUT2D eigenvalue weighted by atomic mass is 10.2. The highest BCUT2D eigenvalue weighted by Gasteiger charge is 2.26. The van der Waals surface area contributed by atoms with E-state index in [4.69, 9.17) is 15.0 Å². The Morgan fingerprint density at radius 1 is 1.26 bits per heavy atom. The summed E-state index contributed by atoms with van der Waals surface area (Å²) >= 11 is 0. The molecule has 0 saturated heterocycles. The van der Waals surface area contributed by atoms with E-state index in [1.807, 2.05) is 37.3 Å². The van der Waals surface area contributed by atoms with Gasteiger partial charge < -0.3 is 24.3 Å². The van der Waals surface area contributed by atoms with E-state index in [0.717, 1.165) is 5.56 Å². The molecule has 2 atom stereocenters. The normalized spacial score (nSPS) is 14.3. The van der Waals surface area contributed by atoms with Crippen molar-refractivity contribution in [3.63, 3.8) is 0 Å². The Hall–Kier alpha value is -2.85. The van der Waals surface area contributed by atoms with Crippen LogP contribution in [0.1, 0.15) is 12.5 Å². The lowest BCUT2D eigenvalue weighted by Gasteiger charge is -2.22. The second-order valence-electron chi connectivity index (χ2n) is 6.78. The second kappa shape index (κ2) is 10.5. The van der Waals surface area contributed by atoms with Crippen LogP contribution >= 0.6 is 7.52 Å². The van der Waals surface area contributed by atoms with E-state index < -0.39 is 13.5 Å². The Balaban J connectivity index is 1.62. The first-order chi connectivity index (χ1) is 14.9. The molecule has 3 rings (SSSR count). The van der Waals surface area contributed by atoms with E-state index in [1.54, 1.807) is 10.9 Å². The predicted octanol–water partition coefficient (Wildman–Crippen LogP) is 1.94. The van der Waals surface area contributed by atoms with Crippen LogP contribution in [0.25, 0.3) is 11.2 Å². The summed E-state index contributed by atoms with van der Waals surface area (Å²) in [5, 5.41) is 2.65. The molecular formula is C19H25N6O5P. The zero-order chi connectivity index (χ0) is 22.3. The molecule has 0 amide bonds. The number of aromatic nitrogens is 4. The number of carbonyl (C=O) groups excluding carboxylic acids is 1.